The summed E-state index contributed by atoms with van der Waals surface area (Å²) in [5.41, 5.74) is 4.09. The molecule has 4 heteroatoms. The lowest BCUT2D eigenvalue weighted by Crippen LogP contribution is -2.35. The molecule has 2 aromatic rings. The molecule has 0 aliphatic carbocycles. The number of rotatable bonds is 2. The molecule has 0 bridgehead atoms. The van der Waals surface area contributed by atoms with Crippen molar-refractivity contribution in [2.75, 3.05) is 10.8 Å². The van der Waals surface area contributed by atoms with E-state index in [0.29, 0.717) is 11.4 Å². The highest BCUT2D eigenvalue weighted by Crippen LogP contribution is 2.32. The quantitative estimate of drug-likeness (QED) is 0.852. The lowest BCUT2D eigenvalue weighted by molar-refractivity contribution is 0.586. The second kappa shape index (κ2) is 5.19. The van der Waals surface area contributed by atoms with Crippen molar-refractivity contribution >= 4 is 15.7 Å². The number of fused-ring (bicyclic) bond motifs is 1. The Balaban J connectivity index is 2.09. The summed E-state index contributed by atoms with van der Waals surface area (Å²) >= 11 is 0. The predicted molar refractivity (Wildman–Crippen MR) is 85.2 cm³/mol. The van der Waals surface area contributed by atoms with E-state index in [4.69, 9.17) is 0 Å². The van der Waals surface area contributed by atoms with E-state index in [2.05, 4.69) is 0 Å². The van der Waals surface area contributed by atoms with Crippen LogP contribution in [-0.2, 0) is 16.4 Å². The van der Waals surface area contributed by atoms with Gasteiger partial charge in [0.15, 0.2) is 0 Å². The average molecular weight is 301 g/mol. The van der Waals surface area contributed by atoms with E-state index >= 15 is 0 Å². The molecule has 3 nitrogen and oxygen atoms in total. The molecule has 110 valence electrons. The van der Waals surface area contributed by atoms with Crippen LogP contribution in [0.5, 0.6) is 0 Å². The van der Waals surface area contributed by atoms with Crippen molar-refractivity contribution in [1.82, 2.24) is 0 Å². The Kier molecular flexibility index (Phi) is 3.49. The minimum absolute atomic E-state index is 0.363. The van der Waals surface area contributed by atoms with E-state index in [1.54, 1.807) is 16.4 Å². The molecule has 0 saturated heterocycles. The van der Waals surface area contributed by atoms with E-state index in [0.717, 1.165) is 35.2 Å². The van der Waals surface area contributed by atoms with Gasteiger partial charge < -0.3 is 0 Å². The maximum Gasteiger partial charge on any atom is 0.264 e. The van der Waals surface area contributed by atoms with E-state index in [-0.39, 0.29) is 0 Å². The van der Waals surface area contributed by atoms with Crippen LogP contribution in [-0.4, -0.2) is 15.0 Å². The van der Waals surface area contributed by atoms with Crippen molar-refractivity contribution < 1.29 is 8.42 Å². The second-order valence-corrected chi connectivity index (χ2v) is 7.49. The van der Waals surface area contributed by atoms with Crippen LogP contribution in [0.2, 0.25) is 0 Å². The van der Waals surface area contributed by atoms with Crippen molar-refractivity contribution in [2.24, 2.45) is 0 Å². The Morgan fingerprint density at radius 2 is 1.62 bits per heavy atom. The smallest absolute Gasteiger partial charge is 0.264 e. The summed E-state index contributed by atoms with van der Waals surface area (Å²) in [7, 11) is -3.48. The molecular weight excluding hydrogens is 282 g/mol. The normalized spacial score (nSPS) is 14.9. The SMILES string of the molecule is Cc1ccc(S(=O)(=O)N2CCCc3ccc(C)cc32)cc1. The number of hydrogen-bond donors (Lipinski definition) is 0. The minimum atomic E-state index is -3.48. The van der Waals surface area contributed by atoms with Gasteiger partial charge in [0.2, 0.25) is 0 Å². The Labute approximate surface area is 126 Å². The highest BCUT2D eigenvalue weighted by Gasteiger charge is 2.28. The lowest BCUT2D eigenvalue weighted by atomic mass is 10.0. The lowest BCUT2D eigenvalue weighted by Gasteiger charge is -2.30. The highest BCUT2D eigenvalue weighted by molar-refractivity contribution is 7.92. The number of benzene rings is 2. The minimum Gasteiger partial charge on any atom is -0.266 e. The van der Waals surface area contributed by atoms with Gasteiger partial charge in [-0.15, -0.1) is 0 Å². The molecular formula is C17H19NO2S. The molecule has 0 fully saturated rings. The van der Waals surface area contributed by atoms with Crippen LogP contribution >= 0.6 is 0 Å². The number of hydrogen-bond acceptors (Lipinski definition) is 2. The Morgan fingerprint density at radius 1 is 0.952 bits per heavy atom. The third kappa shape index (κ3) is 2.56. The molecule has 0 aromatic heterocycles. The van der Waals surface area contributed by atoms with Crippen molar-refractivity contribution in [1.29, 1.82) is 0 Å². The first-order valence-electron chi connectivity index (χ1n) is 7.17. The fraction of sp³-hybridized carbons (Fsp3) is 0.294. The van der Waals surface area contributed by atoms with Gasteiger partial charge in [-0.1, -0.05) is 29.8 Å². The summed E-state index contributed by atoms with van der Waals surface area (Å²) in [5, 5.41) is 0. The number of nitrogens with zero attached hydrogens (tertiary/aromatic N) is 1. The zero-order chi connectivity index (χ0) is 15.0. The molecule has 21 heavy (non-hydrogen) atoms. The third-order valence-electron chi connectivity index (χ3n) is 3.93. The number of anilines is 1. The van der Waals surface area contributed by atoms with Crippen LogP contribution in [0.1, 0.15) is 23.1 Å². The van der Waals surface area contributed by atoms with Gasteiger partial charge in [-0.3, -0.25) is 4.31 Å². The molecule has 1 heterocycles. The Bertz CT molecular complexity index is 764. The fourth-order valence-corrected chi connectivity index (χ4v) is 4.27. The van der Waals surface area contributed by atoms with E-state index < -0.39 is 10.0 Å². The van der Waals surface area contributed by atoms with Crippen LogP contribution < -0.4 is 4.31 Å². The standard InChI is InChI=1S/C17H19NO2S/c1-13-6-9-16(10-7-13)21(19,20)18-11-3-4-15-8-5-14(2)12-17(15)18/h5-10,12H,3-4,11H2,1-2H3. The van der Waals surface area contributed by atoms with Crippen molar-refractivity contribution in [3.8, 4) is 0 Å². The molecule has 1 aliphatic rings. The van der Waals surface area contributed by atoms with Gasteiger partial charge in [-0.2, -0.15) is 0 Å². The monoisotopic (exact) mass is 301 g/mol. The Hall–Kier alpha value is -1.81. The first kappa shape index (κ1) is 14.1. The van der Waals surface area contributed by atoms with E-state index in [1.807, 2.05) is 44.2 Å². The fourth-order valence-electron chi connectivity index (χ4n) is 2.74. The molecule has 1 aliphatic heterocycles. The van der Waals surface area contributed by atoms with Gasteiger partial charge in [-0.25, -0.2) is 8.42 Å². The molecule has 0 spiro atoms. The highest BCUT2D eigenvalue weighted by atomic mass is 32.2. The summed E-state index contributed by atoms with van der Waals surface area (Å²) < 4.78 is 27.4. The largest absolute Gasteiger partial charge is 0.266 e. The van der Waals surface area contributed by atoms with Gasteiger partial charge in [0.1, 0.15) is 0 Å². The zero-order valence-corrected chi connectivity index (χ0v) is 13.2. The molecule has 0 saturated carbocycles. The maximum absolute atomic E-state index is 12.9. The van der Waals surface area contributed by atoms with Gasteiger partial charge in [-0.05, 0) is 56.0 Å². The number of aryl methyl sites for hydroxylation is 3. The second-order valence-electron chi connectivity index (χ2n) is 5.63. The van der Waals surface area contributed by atoms with Gasteiger partial charge >= 0.3 is 0 Å². The van der Waals surface area contributed by atoms with E-state index in [9.17, 15) is 8.42 Å². The summed E-state index contributed by atoms with van der Waals surface area (Å²) in [5.74, 6) is 0. The first-order valence-corrected chi connectivity index (χ1v) is 8.61. The molecule has 3 rings (SSSR count). The third-order valence-corrected chi connectivity index (χ3v) is 5.75. The molecule has 2 aromatic carbocycles. The Morgan fingerprint density at radius 3 is 2.33 bits per heavy atom. The van der Waals surface area contributed by atoms with Crippen molar-refractivity contribution in [2.45, 2.75) is 31.6 Å². The van der Waals surface area contributed by atoms with Gasteiger partial charge in [0.05, 0.1) is 10.6 Å². The van der Waals surface area contributed by atoms with Crippen LogP contribution in [0.3, 0.4) is 0 Å². The van der Waals surface area contributed by atoms with Gasteiger partial charge in [0.25, 0.3) is 10.0 Å². The molecule has 0 unspecified atom stereocenters. The average Bonchev–Trinajstić information content (AvgIpc) is 2.47. The van der Waals surface area contributed by atoms with Crippen LogP contribution in [0.4, 0.5) is 5.69 Å². The van der Waals surface area contributed by atoms with Crippen LogP contribution in [0, 0.1) is 13.8 Å². The van der Waals surface area contributed by atoms with Crippen molar-refractivity contribution in [3.05, 3.63) is 59.2 Å². The summed E-state index contributed by atoms with van der Waals surface area (Å²) in [4.78, 5) is 0.363. The molecule has 0 atom stereocenters. The van der Waals surface area contributed by atoms with E-state index in [1.165, 1.54) is 0 Å². The van der Waals surface area contributed by atoms with Crippen LogP contribution in [0.25, 0.3) is 0 Å². The predicted octanol–water partition coefficient (Wildman–Crippen LogP) is 3.44. The maximum atomic E-state index is 12.9. The summed E-state index contributed by atoms with van der Waals surface area (Å²) in [6, 6.07) is 13.1. The van der Waals surface area contributed by atoms with Crippen molar-refractivity contribution in [3.63, 3.8) is 0 Å². The molecule has 0 radical (unpaired) electrons. The number of sulfonamides is 1. The summed E-state index contributed by atoms with van der Waals surface area (Å²) in [6.07, 6.45) is 1.80. The molecule has 0 amide bonds. The van der Waals surface area contributed by atoms with Crippen LogP contribution in [0.15, 0.2) is 47.4 Å². The first-order chi connectivity index (χ1) is 9.98. The zero-order valence-electron chi connectivity index (χ0n) is 12.3. The topological polar surface area (TPSA) is 37.4 Å². The summed E-state index contributed by atoms with van der Waals surface area (Å²) in [6.45, 7) is 4.49. The molecule has 0 N–H and O–H groups in total. The van der Waals surface area contributed by atoms with Gasteiger partial charge in [0, 0.05) is 6.54 Å².